The standard InChI is InChI=1S/C20H25N3O4S/c24-20(25)21-13-6-7-16(15-21)12-14-22-18-10-4-5-11-19(18)23(28(22,26)27)17-8-2-1-3-9-17/h1-5,8-11,16,26-27H,6-7,12-15H2,(H,24,25)/t16-/m1/s1. The molecule has 8 heteroatoms. The van der Waals surface area contributed by atoms with Crippen molar-refractivity contribution in [1.82, 2.24) is 4.90 Å². The third-order valence-electron chi connectivity index (χ3n) is 5.43. The molecule has 0 aliphatic carbocycles. The van der Waals surface area contributed by atoms with E-state index in [4.69, 9.17) is 0 Å². The van der Waals surface area contributed by atoms with Crippen LogP contribution in [-0.2, 0) is 0 Å². The predicted octanol–water partition coefficient (Wildman–Crippen LogP) is 5.01. The number of carbonyl (C=O) groups is 1. The van der Waals surface area contributed by atoms with Crippen LogP contribution in [0.3, 0.4) is 0 Å². The van der Waals surface area contributed by atoms with Gasteiger partial charge in [-0.15, -0.1) is 0 Å². The zero-order valence-corrected chi connectivity index (χ0v) is 16.3. The molecule has 28 heavy (non-hydrogen) atoms. The van der Waals surface area contributed by atoms with E-state index >= 15 is 0 Å². The van der Waals surface area contributed by atoms with E-state index in [-0.39, 0.29) is 5.92 Å². The van der Waals surface area contributed by atoms with E-state index < -0.39 is 17.1 Å². The smallest absolute Gasteiger partial charge is 0.407 e. The van der Waals surface area contributed by atoms with Gasteiger partial charge in [0.15, 0.2) is 0 Å². The van der Waals surface area contributed by atoms with Crippen LogP contribution in [-0.4, -0.2) is 44.8 Å². The molecule has 0 saturated carbocycles. The zero-order chi connectivity index (χ0) is 19.7. The molecule has 1 atom stereocenters. The Morgan fingerprint density at radius 3 is 2.43 bits per heavy atom. The molecule has 0 bridgehead atoms. The number of likely N-dealkylation sites (tertiary alicyclic amines) is 1. The third-order valence-corrected chi connectivity index (χ3v) is 7.30. The first-order valence-corrected chi connectivity index (χ1v) is 10.9. The van der Waals surface area contributed by atoms with Gasteiger partial charge in [0.2, 0.25) is 0 Å². The number of amides is 1. The summed E-state index contributed by atoms with van der Waals surface area (Å²) in [4.78, 5) is 12.7. The number of fused-ring (bicyclic) bond motifs is 1. The van der Waals surface area contributed by atoms with Crippen molar-refractivity contribution in [2.24, 2.45) is 5.92 Å². The van der Waals surface area contributed by atoms with Crippen LogP contribution in [0.5, 0.6) is 0 Å². The number of para-hydroxylation sites is 3. The van der Waals surface area contributed by atoms with E-state index in [0.717, 1.165) is 29.9 Å². The number of piperidine rings is 1. The first-order valence-electron chi connectivity index (χ1n) is 9.46. The van der Waals surface area contributed by atoms with Gasteiger partial charge in [-0.25, -0.2) is 9.10 Å². The third kappa shape index (κ3) is 3.39. The Hall–Kier alpha value is -2.42. The van der Waals surface area contributed by atoms with Gasteiger partial charge in [-0.3, -0.25) is 13.4 Å². The highest BCUT2D eigenvalue weighted by Gasteiger charge is 2.41. The van der Waals surface area contributed by atoms with E-state index in [0.29, 0.717) is 26.1 Å². The Morgan fingerprint density at radius 1 is 1.04 bits per heavy atom. The van der Waals surface area contributed by atoms with Crippen LogP contribution in [0.15, 0.2) is 54.6 Å². The monoisotopic (exact) mass is 403 g/mol. The Morgan fingerprint density at radius 2 is 1.71 bits per heavy atom. The van der Waals surface area contributed by atoms with E-state index in [1.54, 1.807) is 8.61 Å². The maximum absolute atomic E-state index is 11.3. The second-order valence-corrected chi connectivity index (χ2v) is 9.02. The molecule has 2 heterocycles. The second-order valence-electron chi connectivity index (χ2n) is 7.24. The number of anilines is 3. The minimum absolute atomic E-state index is 0.220. The molecular formula is C20H25N3O4S. The summed E-state index contributed by atoms with van der Waals surface area (Å²) >= 11 is 0. The Balaban J connectivity index is 1.56. The summed E-state index contributed by atoms with van der Waals surface area (Å²) in [5, 5.41) is 9.24. The Kier molecular flexibility index (Phi) is 5.09. The predicted molar refractivity (Wildman–Crippen MR) is 112 cm³/mol. The molecule has 2 aromatic carbocycles. The quantitative estimate of drug-likeness (QED) is 0.665. The average molecular weight is 404 g/mol. The van der Waals surface area contributed by atoms with E-state index in [2.05, 4.69) is 0 Å². The summed E-state index contributed by atoms with van der Waals surface area (Å²) in [5.74, 6) is 0.220. The molecule has 150 valence electrons. The van der Waals surface area contributed by atoms with Gasteiger partial charge in [-0.1, -0.05) is 30.3 Å². The van der Waals surface area contributed by atoms with Crippen LogP contribution in [0, 0.1) is 5.92 Å². The molecule has 1 saturated heterocycles. The van der Waals surface area contributed by atoms with Crippen LogP contribution >= 0.6 is 11.0 Å². The number of carboxylic acid groups (broad SMARTS) is 1. The summed E-state index contributed by atoms with van der Waals surface area (Å²) in [6.07, 6.45) is 1.63. The molecule has 1 amide bonds. The molecule has 0 unspecified atom stereocenters. The summed E-state index contributed by atoms with van der Waals surface area (Å²) in [7, 11) is -3.23. The van der Waals surface area contributed by atoms with Crippen LogP contribution in [0.4, 0.5) is 21.9 Å². The molecule has 3 N–H and O–H groups in total. The van der Waals surface area contributed by atoms with Gasteiger partial charge < -0.3 is 10.0 Å². The van der Waals surface area contributed by atoms with Crippen LogP contribution in [0.1, 0.15) is 19.3 Å². The molecule has 2 aliphatic heterocycles. The van der Waals surface area contributed by atoms with Gasteiger partial charge in [-0.2, -0.15) is 0 Å². The molecule has 1 fully saturated rings. The zero-order valence-electron chi connectivity index (χ0n) is 15.5. The first kappa shape index (κ1) is 18.9. The second kappa shape index (κ2) is 7.54. The fourth-order valence-electron chi connectivity index (χ4n) is 4.07. The molecule has 0 aromatic heterocycles. The van der Waals surface area contributed by atoms with Crippen molar-refractivity contribution >= 4 is 34.1 Å². The first-order chi connectivity index (χ1) is 13.5. The van der Waals surface area contributed by atoms with E-state index in [1.165, 1.54) is 4.90 Å². The number of hydrogen-bond acceptors (Lipinski definition) is 5. The van der Waals surface area contributed by atoms with E-state index in [9.17, 15) is 19.0 Å². The lowest BCUT2D eigenvalue weighted by Crippen LogP contribution is -2.40. The highest BCUT2D eigenvalue weighted by atomic mass is 32.3. The Bertz CT molecular complexity index is 848. The SMILES string of the molecule is O=C(O)N1CCC[C@H](CCN2c3ccccc3N(c3ccccc3)S2(O)O)C1. The van der Waals surface area contributed by atoms with Gasteiger partial charge in [-0.05, 0) is 60.4 Å². The highest BCUT2D eigenvalue weighted by molar-refractivity contribution is 8.27. The van der Waals surface area contributed by atoms with Gasteiger partial charge in [0.1, 0.15) is 0 Å². The lowest BCUT2D eigenvalue weighted by atomic mass is 9.95. The van der Waals surface area contributed by atoms with Gasteiger partial charge in [0.25, 0.3) is 0 Å². The summed E-state index contributed by atoms with van der Waals surface area (Å²) in [5.41, 5.74) is 2.29. The van der Waals surface area contributed by atoms with Crippen molar-refractivity contribution in [3.63, 3.8) is 0 Å². The minimum atomic E-state index is -3.23. The minimum Gasteiger partial charge on any atom is -0.465 e. The summed E-state index contributed by atoms with van der Waals surface area (Å²) < 4.78 is 25.6. The van der Waals surface area contributed by atoms with Crippen molar-refractivity contribution in [3.8, 4) is 0 Å². The number of rotatable bonds is 4. The molecule has 0 spiro atoms. The van der Waals surface area contributed by atoms with Gasteiger partial charge in [0, 0.05) is 19.6 Å². The normalized spacial score (nSPS) is 22.1. The van der Waals surface area contributed by atoms with Crippen LogP contribution in [0.2, 0.25) is 0 Å². The van der Waals surface area contributed by atoms with Crippen molar-refractivity contribution in [2.45, 2.75) is 19.3 Å². The maximum atomic E-state index is 11.3. The van der Waals surface area contributed by atoms with Crippen LogP contribution < -0.4 is 8.61 Å². The lowest BCUT2D eigenvalue weighted by Gasteiger charge is -2.44. The molecule has 4 rings (SSSR count). The molecule has 7 nitrogen and oxygen atoms in total. The molecule has 2 aromatic rings. The average Bonchev–Trinajstić information content (AvgIpc) is 2.93. The van der Waals surface area contributed by atoms with E-state index in [1.807, 2.05) is 54.6 Å². The molecular weight excluding hydrogens is 378 g/mol. The largest absolute Gasteiger partial charge is 0.465 e. The van der Waals surface area contributed by atoms with Crippen molar-refractivity contribution < 1.29 is 19.0 Å². The highest BCUT2D eigenvalue weighted by Crippen LogP contribution is 2.64. The molecule has 0 radical (unpaired) electrons. The number of hydrogen-bond donors (Lipinski definition) is 3. The fourth-order valence-corrected chi connectivity index (χ4v) is 5.86. The summed E-state index contributed by atoms with van der Waals surface area (Å²) in [6, 6.07) is 16.9. The van der Waals surface area contributed by atoms with Crippen LogP contribution in [0.25, 0.3) is 0 Å². The Labute approximate surface area is 166 Å². The summed E-state index contributed by atoms with van der Waals surface area (Å²) in [6.45, 7) is 1.54. The maximum Gasteiger partial charge on any atom is 0.407 e. The molecule has 2 aliphatic rings. The van der Waals surface area contributed by atoms with Crippen molar-refractivity contribution in [2.75, 3.05) is 28.2 Å². The topological polar surface area (TPSA) is 87.5 Å². The van der Waals surface area contributed by atoms with Crippen molar-refractivity contribution in [3.05, 3.63) is 54.6 Å². The lowest BCUT2D eigenvalue weighted by molar-refractivity contribution is 0.119. The number of nitrogens with zero attached hydrogens (tertiary/aromatic N) is 3. The number of benzene rings is 2. The van der Waals surface area contributed by atoms with Crippen molar-refractivity contribution in [1.29, 1.82) is 0 Å². The van der Waals surface area contributed by atoms with Gasteiger partial charge >= 0.3 is 6.09 Å². The van der Waals surface area contributed by atoms with Gasteiger partial charge in [0.05, 0.1) is 17.1 Å². The fraction of sp³-hybridized carbons (Fsp3) is 0.350.